The fourth-order valence-electron chi connectivity index (χ4n) is 1.01. The number of rotatable bonds is 5. The van der Waals surface area contributed by atoms with Crippen molar-refractivity contribution in [2.75, 3.05) is 23.9 Å². The second-order valence-corrected chi connectivity index (χ2v) is 4.92. The molecule has 0 saturated heterocycles. The molecule has 1 heterocycles. The lowest BCUT2D eigenvalue weighted by Gasteiger charge is -2.05. The number of aromatic nitrogens is 2. The van der Waals surface area contributed by atoms with Crippen LogP contribution in [0.2, 0.25) is 5.02 Å². The molecular weight excluding hydrogens is 238 g/mol. The third kappa shape index (κ3) is 4.01. The van der Waals surface area contributed by atoms with Crippen LogP contribution in [0.5, 0.6) is 0 Å². The molecule has 0 spiro atoms. The average Bonchev–Trinajstić information content (AvgIpc) is 2.18. The minimum Gasteiger partial charge on any atom is -0.382 e. The van der Waals surface area contributed by atoms with Crippen molar-refractivity contribution in [2.24, 2.45) is 0 Å². The van der Waals surface area contributed by atoms with Crippen LogP contribution in [0.1, 0.15) is 6.42 Å². The van der Waals surface area contributed by atoms with Crippen LogP contribution in [0.4, 0.5) is 5.69 Å². The van der Waals surface area contributed by atoms with E-state index in [1.165, 1.54) is 6.20 Å². The maximum atomic E-state index is 11.0. The lowest BCUT2D eigenvalue weighted by atomic mass is 10.4. The van der Waals surface area contributed by atoms with Gasteiger partial charge in [-0.15, -0.1) is 0 Å². The van der Waals surface area contributed by atoms with Crippen LogP contribution in [-0.2, 0) is 10.8 Å². The second-order valence-electron chi connectivity index (χ2n) is 2.98. The van der Waals surface area contributed by atoms with Crippen molar-refractivity contribution in [3.05, 3.63) is 21.6 Å². The summed E-state index contributed by atoms with van der Waals surface area (Å²) < 4.78 is 10.8. The molecule has 84 valence electrons. The first-order chi connectivity index (χ1) is 7.11. The van der Waals surface area contributed by atoms with E-state index < -0.39 is 16.4 Å². The molecule has 1 atom stereocenters. The van der Waals surface area contributed by atoms with Crippen LogP contribution >= 0.6 is 11.6 Å². The van der Waals surface area contributed by atoms with Gasteiger partial charge in [0, 0.05) is 29.4 Å². The molecule has 0 aliphatic rings. The van der Waals surface area contributed by atoms with Crippen molar-refractivity contribution in [1.29, 1.82) is 0 Å². The Labute approximate surface area is 94.7 Å². The fourth-order valence-corrected chi connectivity index (χ4v) is 1.71. The molecule has 7 heteroatoms. The lowest BCUT2D eigenvalue weighted by Crippen LogP contribution is -2.13. The number of nitrogens with zero attached hydrogens (tertiary/aromatic N) is 1. The average molecular weight is 250 g/mol. The van der Waals surface area contributed by atoms with E-state index in [0.29, 0.717) is 18.0 Å². The van der Waals surface area contributed by atoms with Gasteiger partial charge >= 0.3 is 0 Å². The Morgan fingerprint density at radius 1 is 1.67 bits per heavy atom. The third-order valence-electron chi connectivity index (χ3n) is 1.72. The fraction of sp³-hybridized carbons (Fsp3) is 0.500. The second kappa shape index (κ2) is 5.87. The SMILES string of the molecule is CS(=O)CCCNc1cn[nH]c(=O)c1Cl. The molecule has 15 heavy (non-hydrogen) atoms. The van der Waals surface area contributed by atoms with Crippen LogP contribution < -0.4 is 10.9 Å². The maximum Gasteiger partial charge on any atom is 0.285 e. The minimum absolute atomic E-state index is 0.0996. The van der Waals surface area contributed by atoms with Crippen molar-refractivity contribution >= 4 is 28.1 Å². The highest BCUT2D eigenvalue weighted by atomic mass is 35.5. The van der Waals surface area contributed by atoms with Crippen molar-refractivity contribution < 1.29 is 4.21 Å². The molecule has 1 aromatic rings. The summed E-state index contributed by atoms with van der Waals surface area (Å²) in [7, 11) is -0.790. The van der Waals surface area contributed by atoms with E-state index in [-0.39, 0.29) is 5.02 Å². The Kier molecular flexibility index (Phi) is 4.77. The molecule has 1 unspecified atom stereocenters. The highest BCUT2D eigenvalue weighted by molar-refractivity contribution is 7.84. The zero-order valence-electron chi connectivity index (χ0n) is 8.25. The van der Waals surface area contributed by atoms with Crippen molar-refractivity contribution in [3.63, 3.8) is 0 Å². The van der Waals surface area contributed by atoms with Gasteiger partial charge in [-0.05, 0) is 6.42 Å². The van der Waals surface area contributed by atoms with Gasteiger partial charge in [-0.2, -0.15) is 5.10 Å². The van der Waals surface area contributed by atoms with E-state index in [1.807, 2.05) is 0 Å². The monoisotopic (exact) mass is 249 g/mol. The van der Waals surface area contributed by atoms with Gasteiger partial charge in [0.2, 0.25) is 0 Å². The normalized spacial score (nSPS) is 12.4. The first-order valence-corrected chi connectivity index (χ1v) is 6.49. The summed E-state index contributed by atoms with van der Waals surface area (Å²) in [4.78, 5) is 11.0. The third-order valence-corrected chi connectivity index (χ3v) is 2.96. The van der Waals surface area contributed by atoms with Gasteiger partial charge < -0.3 is 5.32 Å². The molecule has 0 bridgehead atoms. The van der Waals surface area contributed by atoms with Crippen LogP contribution in [-0.4, -0.2) is 33.0 Å². The molecule has 0 aliphatic heterocycles. The van der Waals surface area contributed by atoms with Gasteiger partial charge in [0.1, 0.15) is 5.02 Å². The number of nitrogens with one attached hydrogen (secondary N) is 2. The summed E-state index contributed by atoms with van der Waals surface area (Å²) in [6.45, 7) is 0.616. The lowest BCUT2D eigenvalue weighted by molar-refractivity contribution is 0.685. The molecule has 0 radical (unpaired) electrons. The summed E-state index contributed by atoms with van der Waals surface area (Å²) in [5.41, 5.74) is 0.0861. The van der Waals surface area contributed by atoms with E-state index in [9.17, 15) is 9.00 Å². The standard InChI is InChI=1S/C8H12ClN3O2S/c1-15(14)4-2-3-10-6-5-11-12-8(13)7(6)9/h5H,2-4H2,1H3,(H2,10,12,13). The largest absolute Gasteiger partial charge is 0.382 e. The first-order valence-electron chi connectivity index (χ1n) is 4.38. The van der Waals surface area contributed by atoms with Crippen LogP contribution in [0.25, 0.3) is 0 Å². The maximum absolute atomic E-state index is 11.0. The summed E-state index contributed by atoms with van der Waals surface area (Å²) in [5, 5.41) is 8.90. The highest BCUT2D eigenvalue weighted by Gasteiger charge is 2.03. The molecule has 2 N–H and O–H groups in total. The van der Waals surface area contributed by atoms with Crippen LogP contribution in [0.3, 0.4) is 0 Å². The molecular formula is C8H12ClN3O2S. The van der Waals surface area contributed by atoms with E-state index in [2.05, 4.69) is 15.5 Å². The predicted octanol–water partition coefficient (Wildman–Crippen LogP) is 0.604. The van der Waals surface area contributed by atoms with Crippen molar-refractivity contribution in [1.82, 2.24) is 10.2 Å². The quantitative estimate of drug-likeness (QED) is 0.750. The minimum atomic E-state index is -0.790. The summed E-state index contributed by atoms with van der Waals surface area (Å²) in [6.07, 6.45) is 3.86. The van der Waals surface area contributed by atoms with E-state index in [1.54, 1.807) is 6.26 Å². The van der Waals surface area contributed by atoms with Gasteiger partial charge in [0.15, 0.2) is 0 Å². The number of halogens is 1. The Morgan fingerprint density at radius 2 is 2.40 bits per heavy atom. The molecule has 0 aliphatic carbocycles. The number of hydrogen-bond acceptors (Lipinski definition) is 4. The Hall–Kier alpha value is -0.880. The van der Waals surface area contributed by atoms with Crippen molar-refractivity contribution in [3.8, 4) is 0 Å². The van der Waals surface area contributed by atoms with Crippen LogP contribution in [0, 0.1) is 0 Å². The van der Waals surface area contributed by atoms with Crippen LogP contribution in [0.15, 0.2) is 11.0 Å². The number of hydrogen-bond donors (Lipinski definition) is 2. The number of H-pyrrole nitrogens is 1. The van der Waals surface area contributed by atoms with Gasteiger partial charge in [-0.1, -0.05) is 11.6 Å². The molecule has 5 nitrogen and oxygen atoms in total. The molecule has 0 saturated carbocycles. The van der Waals surface area contributed by atoms with Gasteiger partial charge in [-0.3, -0.25) is 9.00 Å². The Morgan fingerprint density at radius 3 is 3.07 bits per heavy atom. The molecule has 0 aromatic carbocycles. The van der Waals surface area contributed by atoms with Gasteiger partial charge in [0.25, 0.3) is 5.56 Å². The topological polar surface area (TPSA) is 74.8 Å². The highest BCUT2D eigenvalue weighted by Crippen LogP contribution is 2.13. The smallest absolute Gasteiger partial charge is 0.285 e. The van der Waals surface area contributed by atoms with E-state index in [4.69, 9.17) is 11.6 Å². The Bertz CT molecular complexity index is 407. The van der Waals surface area contributed by atoms with Gasteiger partial charge in [0.05, 0.1) is 11.9 Å². The number of aromatic amines is 1. The summed E-state index contributed by atoms with van der Waals surface area (Å²) in [6, 6.07) is 0. The predicted molar refractivity (Wildman–Crippen MR) is 61.9 cm³/mol. The zero-order valence-corrected chi connectivity index (χ0v) is 9.82. The molecule has 1 aromatic heterocycles. The zero-order chi connectivity index (χ0) is 11.3. The number of anilines is 1. The van der Waals surface area contributed by atoms with E-state index >= 15 is 0 Å². The summed E-state index contributed by atoms with van der Waals surface area (Å²) >= 11 is 5.73. The van der Waals surface area contributed by atoms with Gasteiger partial charge in [-0.25, -0.2) is 5.10 Å². The van der Waals surface area contributed by atoms with Crippen molar-refractivity contribution in [2.45, 2.75) is 6.42 Å². The Balaban J connectivity index is 2.48. The molecule has 0 amide bonds. The summed E-state index contributed by atoms with van der Waals surface area (Å²) in [5.74, 6) is 0.626. The first kappa shape index (κ1) is 12.2. The van der Waals surface area contributed by atoms with E-state index in [0.717, 1.165) is 6.42 Å². The molecule has 0 fully saturated rings. The molecule has 1 rings (SSSR count).